The van der Waals surface area contributed by atoms with Crippen LogP contribution in [0.4, 0.5) is 5.69 Å². The molecule has 0 aliphatic carbocycles. The number of benzene rings is 2. The maximum absolute atomic E-state index is 5.56. The van der Waals surface area contributed by atoms with Gasteiger partial charge in [-0.25, -0.2) is 0 Å². The van der Waals surface area contributed by atoms with Crippen LogP contribution < -0.4 is 19.7 Å². The van der Waals surface area contributed by atoms with Crippen LogP contribution in [-0.4, -0.2) is 59.4 Å². The van der Waals surface area contributed by atoms with Crippen molar-refractivity contribution in [3.8, 4) is 11.5 Å². The van der Waals surface area contributed by atoms with Crippen molar-refractivity contribution in [1.82, 2.24) is 10.2 Å². The van der Waals surface area contributed by atoms with Crippen molar-refractivity contribution in [2.75, 3.05) is 59.4 Å². The van der Waals surface area contributed by atoms with E-state index < -0.39 is 0 Å². The van der Waals surface area contributed by atoms with Gasteiger partial charge in [0.2, 0.25) is 0 Å². The Morgan fingerprint density at radius 1 is 0.889 bits per heavy atom. The highest BCUT2D eigenvalue weighted by molar-refractivity contribution is 5.50. The maximum Gasteiger partial charge on any atom is 0.161 e. The molecule has 0 spiro atoms. The Morgan fingerprint density at radius 2 is 1.59 bits per heavy atom. The van der Waals surface area contributed by atoms with Crippen LogP contribution in [0.25, 0.3) is 0 Å². The molecule has 1 atom stereocenters. The van der Waals surface area contributed by atoms with E-state index in [-0.39, 0.29) is 6.04 Å². The Bertz CT molecular complexity index is 723. The van der Waals surface area contributed by atoms with Gasteiger partial charge in [-0.3, -0.25) is 4.90 Å². The second-order valence-corrected chi connectivity index (χ2v) is 7.14. The summed E-state index contributed by atoms with van der Waals surface area (Å²) in [6.45, 7) is 4.18. The predicted molar refractivity (Wildman–Crippen MR) is 111 cm³/mol. The molecule has 0 bridgehead atoms. The van der Waals surface area contributed by atoms with Gasteiger partial charge in [-0.05, 0) is 48.4 Å². The number of nitrogens with one attached hydrogen (secondary N) is 1. The van der Waals surface area contributed by atoms with Crippen molar-refractivity contribution in [3.63, 3.8) is 0 Å². The minimum absolute atomic E-state index is 0.195. The van der Waals surface area contributed by atoms with Crippen molar-refractivity contribution in [3.05, 3.63) is 53.6 Å². The number of ether oxygens (including phenoxy) is 2. The lowest BCUT2D eigenvalue weighted by Gasteiger charge is -2.32. The third-order valence-corrected chi connectivity index (χ3v) is 5.19. The Hall–Kier alpha value is -2.24. The van der Waals surface area contributed by atoms with Crippen molar-refractivity contribution in [2.45, 2.75) is 12.5 Å². The summed E-state index contributed by atoms with van der Waals surface area (Å²) >= 11 is 0. The van der Waals surface area contributed by atoms with E-state index in [4.69, 9.17) is 9.47 Å². The van der Waals surface area contributed by atoms with Gasteiger partial charge in [-0.15, -0.1) is 0 Å². The van der Waals surface area contributed by atoms with Crippen molar-refractivity contribution in [1.29, 1.82) is 0 Å². The molecule has 1 heterocycles. The monoisotopic (exact) mass is 369 g/mol. The van der Waals surface area contributed by atoms with E-state index in [1.807, 2.05) is 6.07 Å². The molecule has 0 saturated carbocycles. The molecular weight excluding hydrogens is 338 g/mol. The Labute approximate surface area is 162 Å². The molecule has 1 fully saturated rings. The van der Waals surface area contributed by atoms with Crippen LogP contribution in [0, 0.1) is 0 Å². The maximum atomic E-state index is 5.56. The largest absolute Gasteiger partial charge is 0.493 e. The highest BCUT2D eigenvalue weighted by Gasteiger charge is 2.24. The third kappa shape index (κ3) is 4.54. The second kappa shape index (κ2) is 9.11. The van der Waals surface area contributed by atoms with Crippen molar-refractivity contribution < 1.29 is 9.47 Å². The lowest BCUT2D eigenvalue weighted by Crippen LogP contribution is -2.33. The molecule has 0 amide bonds. The molecule has 0 radical (unpaired) electrons. The van der Waals surface area contributed by atoms with E-state index in [0.29, 0.717) is 0 Å². The van der Waals surface area contributed by atoms with E-state index in [1.54, 1.807) is 14.2 Å². The van der Waals surface area contributed by atoms with Crippen molar-refractivity contribution in [2.24, 2.45) is 0 Å². The van der Waals surface area contributed by atoms with Gasteiger partial charge in [0.25, 0.3) is 0 Å². The first-order valence-electron chi connectivity index (χ1n) is 9.58. The van der Waals surface area contributed by atoms with Crippen LogP contribution in [0.15, 0.2) is 42.5 Å². The minimum Gasteiger partial charge on any atom is -0.493 e. The lowest BCUT2D eigenvalue weighted by molar-refractivity contribution is 0.240. The topological polar surface area (TPSA) is 37.0 Å². The Balaban J connectivity index is 2.01. The zero-order chi connectivity index (χ0) is 19.2. The summed E-state index contributed by atoms with van der Waals surface area (Å²) in [5, 5.41) is 3.51. The molecule has 27 heavy (non-hydrogen) atoms. The first kappa shape index (κ1) is 19.5. The van der Waals surface area contributed by atoms with E-state index >= 15 is 0 Å². The number of nitrogens with zero attached hydrogens (tertiary/aromatic N) is 2. The number of rotatable bonds is 6. The molecule has 1 aliphatic heterocycles. The van der Waals surface area contributed by atoms with E-state index in [9.17, 15) is 0 Å². The molecule has 5 nitrogen and oxygen atoms in total. The fraction of sp³-hybridized carbons (Fsp3) is 0.455. The van der Waals surface area contributed by atoms with Gasteiger partial charge in [0.1, 0.15) is 0 Å². The van der Waals surface area contributed by atoms with Crippen LogP contribution in [0.5, 0.6) is 11.5 Å². The summed E-state index contributed by atoms with van der Waals surface area (Å²) in [5.74, 6) is 1.54. The van der Waals surface area contributed by atoms with Gasteiger partial charge in [-0.2, -0.15) is 0 Å². The number of methoxy groups -OCH3 is 2. The SMILES string of the molecule is COc1ccc(C(c2ccc(N(C)C)cc2)N2CCCNCC2)cc1OC. The molecule has 1 N–H and O–H groups in total. The molecule has 1 unspecified atom stereocenters. The van der Waals surface area contributed by atoms with Gasteiger partial charge in [0, 0.05) is 39.4 Å². The summed E-state index contributed by atoms with van der Waals surface area (Å²) in [6, 6.07) is 15.3. The molecule has 1 aliphatic rings. The van der Waals surface area contributed by atoms with E-state index in [1.165, 1.54) is 16.8 Å². The van der Waals surface area contributed by atoms with Gasteiger partial charge in [-0.1, -0.05) is 18.2 Å². The molecule has 0 aromatic heterocycles. The molecule has 2 aromatic rings. The van der Waals surface area contributed by atoms with Crippen LogP contribution in [0.1, 0.15) is 23.6 Å². The Morgan fingerprint density at radius 3 is 2.26 bits per heavy atom. The summed E-state index contributed by atoms with van der Waals surface area (Å²) < 4.78 is 11.0. The van der Waals surface area contributed by atoms with Gasteiger partial charge in [0.15, 0.2) is 11.5 Å². The number of hydrogen-bond acceptors (Lipinski definition) is 5. The molecule has 3 rings (SSSR count). The minimum atomic E-state index is 0.195. The zero-order valence-corrected chi connectivity index (χ0v) is 16.9. The summed E-state index contributed by atoms with van der Waals surface area (Å²) in [7, 11) is 7.51. The van der Waals surface area contributed by atoms with Crippen molar-refractivity contribution >= 4 is 5.69 Å². The van der Waals surface area contributed by atoms with Gasteiger partial charge >= 0.3 is 0 Å². The highest BCUT2D eigenvalue weighted by atomic mass is 16.5. The van der Waals surface area contributed by atoms with Crippen LogP contribution in [-0.2, 0) is 0 Å². The first-order valence-corrected chi connectivity index (χ1v) is 9.58. The fourth-order valence-electron chi connectivity index (χ4n) is 3.72. The number of hydrogen-bond donors (Lipinski definition) is 1. The molecule has 5 heteroatoms. The zero-order valence-electron chi connectivity index (χ0n) is 16.9. The lowest BCUT2D eigenvalue weighted by atomic mass is 9.96. The summed E-state index contributed by atoms with van der Waals surface area (Å²) in [4.78, 5) is 4.69. The van der Waals surface area contributed by atoms with Crippen LogP contribution in [0.3, 0.4) is 0 Å². The quantitative estimate of drug-likeness (QED) is 0.847. The van der Waals surface area contributed by atoms with E-state index in [2.05, 4.69) is 65.6 Å². The normalized spacial score (nSPS) is 16.4. The van der Waals surface area contributed by atoms with Crippen LogP contribution >= 0.6 is 0 Å². The average molecular weight is 370 g/mol. The third-order valence-electron chi connectivity index (χ3n) is 5.19. The molecule has 1 saturated heterocycles. The molecule has 146 valence electrons. The number of anilines is 1. The molecule has 2 aromatic carbocycles. The van der Waals surface area contributed by atoms with Crippen LogP contribution in [0.2, 0.25) is 0 Å². The summed E-state index contributed by atoms with van der Waals surface area (Å²) in [5.41, 5.74) is 3.74. The van der Waals surface area contributed by atoms with E-state index in [0.717, 1.165) is 44.1 Å². The average Bonchev–Trinajstić information content (AvgIpc) is 2.98. The smallest absolute Gasteiger partial charge is 0.161 e. The van der Waals surface area contributed by atoms with Gasteiger partial charge in [0.05, 0.1) is 20.3 Å². The second-order valence-electron chi connectivity index (χ2n) is 7.14. The van der Waals surface area contributed by atoms with Gasteiger partial charge < -0.3 is 19.7 Å². The first-order chi connectivity index (χ1) is 13.1. The highest BCUT2D eigenvalue weighted by Crippen LogP contribution is 2.36. The fourth-order valence-corrected chi connectivity index (χ4v) is 3.72. The molecular formula is C22H31N3O2. The predicted octanol–water partition coefficient (Wildman–Crippen LogP) is 3.15. The standard InChI is InChI=1S/C22H31N3O2/c1-24(2)19-9-6-17(7-10-19)22(25-14-5-12-23-13-15-25)18-8-11-20(26-3)21(16-18)27-4/h6-11,16,22-23H,5,12-15H2,1-4H3. The summed E-state index contributed by atoms with van der Waals surface area (Å²) in [6.07, 6.45) is 1.15. The Kier molecular flexibility index (Phi) is 6.58.